The number of aliphatic hydroxyl groups excluding tert-OH is 2. The summed E-state index contributed by atoms with van der Waals surface area (Å²) < 4.78 is 0. The van der Waals surface area contributed by atoms with E-state index in [1.54, 1.807) is 12.1 Å². The zero-order valence-electron chi connectivity index (χ0n) is 14.7. The number of hydrogen-bond acceptors (Lipinski definition) is 4. The second kappa shape index (κ2) is 8.40. The first-order valence-electron chi connectivity index (χ1n) is 9.16. The van der Waals surface area contributed by atoms with Gasteiger partial charge >= 0.3 is 0 Å². The Kier molecular flexibility index (Phi) is 6.20. The van der Waals surface area contributed by atoms with E-state index >= 15 is 0 Å². The Morgan fingerprint density at radius 1 is 1.12 bits per heavy atom. The predicted octanol–water partition coefficient (Wildman–Crippen LogP) is 3.53. The number of anilines is 1. The quantitative estimate of drug-likeness (QED) is 0.597. The molecule has 0 saturated heterocycles. The predicted molar refractivity (Wildman–Crippen MR) is 104 cm³/mol. The number of nitrogens with one attached hydrogen (secondary N) is 1. The van der Waals surface area contributed by atoms with Crippen molar-refractivity contribution in [2.75, 3.05) is 18.5 Å². The zero-order chi connectivity index (χ0) is 18.6. The molecule has 1 fully saturated rings. The Balaban J connectivity index is 2.07. The van der Waals surface area contributed by atoms with Gasteiger partial charge in [0.05, 0.1) is 12.7 Å². The van der Waals surface area contributed by atoms with Crippen molar-refractivity contribution in [3.05, 3.63) is 64.7 Å². The summed E-state index contributed by atoms with van der Waals surface area (Å²) in [5.41, 5.74) is 1.13. The van der Waals surface area contributed by atoms with Gasteiger partial charge in [-0.2, -0.15) is 0 Å². The third-order valence-electron chi connectivity index (χ3n) is 5.29. The van der Waals surface area contributed by atoms with Crippen LogP contribution in [0.3, 0.4) is 0 Å². The van der Waals surface area contributed by atoms with E-state index in [1.807, 2.05) is 36.4 Å². The molecule has 0 heterocycles. The Morgan fingerprint density at radius 3 is 2.46 bits per heavy atom. The van der Waals surface area contributed by atoms with Crippen LogP contribution in [0.2, 0.25) is 5.02 Å². The Hall–Kier alpha value is -1.59. The lowest BCUT2D eigenvalue weighted by Gasteiger charge is -2.37. The first-order valence-corrected chi connectivity index (χ1v) is 9.54. The lowest BCUT2D eigenvalue weighted by molar-refractivity contribution is 0.0194. The van der Waals surface area contributed by atoms with Crippen molar-refractivity contribution < 1.29 is 15.3 Å². The summed E-state index contributed by atoms with van der Waals surface area (Å²) >= 11 is 6.28. The molecule has 0 aliphatic heterocycles. The van der Waals surface area contributed by atoms with E-state index in [4.69, 9.17) is 16.7 Å². The molecule has 0 bridgehead atoms. The van der Waals surface area contributed by atoms with E-state index in [9.17, 15) is 10.2 Å². The van der Waals surface area contributed by atoms with Crippen molar-refractivity contribution in [1.29, 1.82) is 0 Å². The molecule has 3 rings (SSSR count). The number of rotatable bonds is 7. The van der Waals surface area contributed by atoms with Gasteiger partial charge in [0.25, 0.3) is 0 Å². The molecule has 1 aliphatic carbocycles. The Morgan fingerprint density at radius 2 is 1.81 bits per heavy atom. The molecule has 1 saturated carbocycles. The summed E-state index contributed by atoms with van der Waals surface area (Å²) in [6.45, 7) is -0.123. The molecule has 4 nitrogen and oxygen atoms in total. The first kappa shape index (κ1) is 19.2. The van der Waals surface area contributed by atoms with Crippen LogP contribution < -0.4 is 5.32 Å². The van der Waals surface area contributed by atoms with Gasteiger partial charge in [0.1, 0.15) is 5.60 Å². The third-order valence-corrected chi connectivity index (χ3v) is 5.53. The van der Waals surface area contributed by atoms with Crippen LogP contribution in [0.4, 0.5) is 5.69 Å². The van der Waals surface area contributed by atoms with Crippen molar-refractivity contribution >= 4 is 17.3 Å². The van der Waals surface area contributed by atoms with Gasteiger partial charge in [0.15, 0.2) is 0 Å². The molecule has 0 spiro atoms. The SMILES string of the molecule is OCC(O)CNc1ccc(Cl)cc1C(O)(c1ccccc1)C1CCCC1. The van der Waals surface area contributed by atoms with E-state index in [-0.39, 0.29) is 19.1 Å². The summed E-state index contributed by atoms with van der Waals surface area (Å²) in [6.07, 6.45) is 3.25. The molecule has 0 amide bonds. The van der Waals surface area contributed by atoms with Gasteiger partial charge in [-0.1, -0.05) is 54.8 Å². The summed E-state index contributed by atoms with van der Waals surface area (Å²) in [5.74, 6) is 0.103. The highest BCUT2D eigenvalue weighted by atomic mass is 35.5. The molecule has 2 aromatic rings. The highest BCUT2D eigenvalue weighted by Gasteiger charge is 2.43. The summed E-state index contributed by atoms with van der Waals surface area (Å²) in [4.78, 5) is 0. The monoisotopic (exact) mass is 375 g/mol. The molecule has 140 valence electrons. The summed E-state index contributed by atoms with van der Waals surface area (Å²) in [7, 11) is 0. The molecule has 5 heteroatoms. The number of hydrogen-bond donors (Lipinski definition) is 4. The molecule has 2 unspecified atom stereocenters. The molecular formula is C21H26ClNO3. The van der Waals surface area contributed by atoms with Crippen LogP contribution in [0.1, 0.15) is 36.8 Å². The van der Waals surface area contributed by atoms with Gasteiger partial charge in [-0.15, -0.1) is 0 Å². The average Bonchev–Trinajstić information content (AvgIpc) is 3.22. The lowest BCUT2D eigenvalue weighted by atomic mass is 9.74. The number of aliphatic hydroxyl groups is 3. The van der Waals surface area contributed by atoms with Crippen LogP contribution in [-0.4, -0.2) is 34.6 Å². The summed E-state index contributed by atoms with van der Waals surface area (Å²) in [5, 5.41) is 34.5. The van der Waals surface area contributed by atoms with Gasteiger partial charge in [-0.25, -0.2) is 0 Å². The highest BCUT2D eigenvalue weighted by Crippen LogP contribution is 2.47. The maximum Gasteiger partial charge on any atom is 0.119 e. The van der Waals surface area contributed by atoms with E-state index in [0.717, 1.165) is 36.9 Å². The van der Waals surface area contributed by atoms with Crippen molar-refractivity contribution in [2.24, 2.45) is 5.92 Å². The standard InChI is InChI=1S/C21H26ClNO3/c22-17-10-11-20(23-13-18(25)14-24)19(12-17)21(26,16-8-4-5-9-16)15-6-2-1-3-7-15/h1-3,6-7,10-12,16,18,23-26H,4-5,8-9,13-14H2. The smallest absolute Gasteiger partial charge is 0.119 e. The highest BCUT2D eigenvalue weighted by molar-refractivity contribution is 6.30. The normalized spacial score (nSPS) is 18.5. The topological polar surface area (TPSA) is 72.7 Å². The number of benzene rings is 2. The largest absolute Gasteiger partial charge is 0.394 e. The molecule has 26 heavy (non-hydrogen) atoms. The van der Waals surface area contributed by atoms with Crippen molar-refractivity contribution in [1.82, 2.24) is 0 Å². The Bertz CT molecular complexity index is 718. The lowest BCUT2D eigenvalue weighted by Crippen LogP contribution is -2.36. The average molecular weight is 376 g/mol. The molecule has 0 aromatic heterocycles. The van der Waals surface area contributed by atoms with Crippen LogP contribution in [0.5, 0.6) is 0 Å². The van der Waals surface area contributed by atoms with Crippen LogP contribution in [-0.2, 0) is 5.60 Å². The minimum atomic E-state index is -1.16. The van der Waals surface area contributed by atoms with Crippen molar-refractivity contribution in [2.45, 2.75) is 37.4 Å². The van der Waals surface area contributed by atoms with Crippen LogP contribution in [0.15, 0.2) is 48.5 Å². The van der Waals surface area contributed by atoms with Crippen LogP contribution >= 0.6 is 11.6 Å². The van der Waals surface area contributed by atoms with Gasteiger partial charge in [0.2, 0.25) is 0 Å². The van der Waals surface area contributed by atoms with Gasteiger partial charge in [-0.3, -0.25) is 0 Å². The van der Waals surface area contributed by atoms with E-state index < -0.39 is 11.7 Å². The molecule has 2 atom stereocenters. The second-order valence-corrected chi connectivity index (χ2v) is 7.46. The van der Waals surface area contributed by atoms with Crippen LogP contribution in [0, 0.1) is 5.92 Å². The molecular weight excluding hydrogens is 350 g/mol. The molecule has 1 aliphatic rings. The fourth-order valence-electron chi connectivity index (χ4n) is 3.93. The minimum Gasteiger partial charge on any atom is -0.394 e. The van der Waals surface area contributed by atoms with Crippen molar-refractivity contribution in [3.63, 3.8) is 0 Å². The molecule has 4 N–H and O–H groups in total. The first-order chi connectivity index (χ1) is 12.6. The summed E-state index contributed by atoms with van der Waals surface area (Å²) in [6, 6.07) is 15.1. The molecule has 2 aromatic carbocycles. The zero-order valence-corrected chi connectivity index (χ0v) is 15.5. The van der Waals surface area contributed by atoms with Gasteiger partial charge in [-0.05, 0) is 42.5 Å². The maximum atomic E-state index is 12.0. The third kappa shape index (κ3) is 3.89. The number of halogens is 1. The maximum absolute atomic E-state index is 12.0. The van der Waals surface area contributed by atoms with Crippen LogP contribution in [0.25, 0.3) is 0 Å². The van der Waals surface area contributed by atoms with Gasteiger partial charge < -0.3 is 20.6 Å². The minimum absolute atomic E-state index is 0.103. The van der Waals surface area contributed by atoms with Crippen molar-refractivity contribution in [3.8, 4) is 0 Å². The molecule has 0 radical (unpaired) electrons. The fourth-order valence-corrected chi connectivity index (χ4v) is 4.10. The second-order valence-electron chi connectivity index (χ2n) is 7.02. The fraction of sp³-hybridized carbons (Fsp3) is 0.429. The Labute approximate surface area is 159 Å². The van der Waals surface area contributed by atoms with E-state index in [0.29, 0.717) is 10.6 Å². The van der Waals surface area contributed by atoms with E-state index in [1.165, 1.54) is 0 Å². The van der Waals surface area contributed by atoms with Gasteiger partial charge in [0, 0.05) is 22.8 Å². The van der Waals surface area contributed by atoms with E-state index in [2.05, 4.69) is 5.32 Å².